The SMILES string of the molecule is N[C@H](c1ccc(OC(F)(F)F)cc1)c1ccc(OC(F)(F)F)c(F)c1. The van der Waals surface area contributed by atoms with E-state index in [2.05, 4.69) is 9.47 Å². The first-order chi connectivity index (χ1) is 11.4. The molecule has 10 heteroatoms. The van der Waals surface area contributed by atoms with Crippen LogP contribution in [-0.2, 0) is 0 Å². The molecule has 0 heterocycles. The number of alkyl halides is 6. The molecule has 2 rings (SSSR count). The van der Waals surface area contributed by atoms with Crippen LogP contribution in [0.5, 0.6) is 11.5 Å². The third kappa shape index (κ3) is 5.52. The van der Waals surface area contributed by atoms with Crippen molar-refractivity contribution < 1.29 is 40.2 Å². The van der Waals surface area contributed by atoms with E-state index in [1.54, 1.807) is 0 Å². The quantitative estimate of drug-likeness (QED) is 0.797. The molecular formula is C15H10F7NO2. The van der Waals surface area contributed by atoms with Crippen molar-refractivity contribution >= 4 is 0 Å². The van der Waals surface area contributed by atoms with E-state index < -0.39 is 36.1 Å². The number of nitrogens with two attached hydrogens (primary N) is 1. The van der Waals surface area contributed by atoms with E-state index in [0.717, 1.165) is 30.3 Å². The molecule has 136 valence electrons. The number of halogens is 7. The zero-order valence-electron chi connectivity index (χ0n) is 12.2. The number of rotatable bonds is 4. The van der Waals surface area contributed by atoms with Gasteiger partial charge in [0.25, 0.3) is 0 Å². The lowest BCUT2D eigenvalue weighted by Gasteiger charge is -2.16. The summed E-state index contributed by atoms with van der Waals surface area (Å²) < 4.78 is 93.4. The largest absolute Gasteiger partial charge is 0.573 e. The van der Waals surface area contributed by atoms with Gasteiger partial charge < -0.3 is 15.2 Å². The molecular weight excluding hydrogens is 359 g/mol. The van der Waals surface area contributed by atoms with Gasteiger partial charge >= 0.3 is 12.7 Å². The van der Waals surface area contributed by atoms with Crippen LogP contribution in [0.4, 0.5) is 30.7 Å². The second-order valence-electron chi connectivity index (χ2n) is 4.83. The summed E-state index contributed by atoms with van der Waals surface area (Å²) in [7, 11) is 0. The Kier molecular flexibility index (Phi) is 5.12. The highest BCUT2D eigenvalue weighted by Gasteiger charge is 2.33. The van der Waals surface area contributed by atoms with E-state index >= 15 is 0 Å². The second kappa shape index (κ2) is 6.79. The molecule has 0 saturated heterocycles. The summed E-state index contributed by atoms with van der Waals surface area (Å²) in [6, 6.07) is 6.14. The Morgan fingerprint density at radius 3 is 1.76 bits per heavy atom. The van der Waals surface area contributed by atoms with E-state index in [0.29, 0.717) is 5.56 Å². The average Bonchev–Trinajstić information content (AvgIpc) is 2.46. The molecule has 0 aliphatic rings. The maximum Gasteiger partial charge on any atom is 0.573 e. The molecule has 2 N–H and O–H groups in total. The molecule has 3 nitrogen and oxygen atoms in total. The van der Waals surface area contributed by atoms with Gasteiger partial charge in [-0.1, -0.05) is 18.2 Å². The molecule has 2 aromatic rings. The molecule has 0 aromatic heterocycles. The van der Waals surface area contributed by atoms with Gasteiger partial charge in [0, 0.05) is 0 Å². The van der Waals surface area contributed by atoms with Crippen LogP contribution < -0.4 is 15.2 Å². The van der Waals surface area contributed by atoms with Crippen LogP contribution in [-0.4, -0.2) is 12.7 Å². The van der Waals surface area contributed by atoms with Gasteiger partial charge in [-0.15, -0.1) is 26.3 Å². The van der Waals surface area contributed by atoms with Crippen LogP contribution in [0, 0.1) is 5.82 Å². The minimum atomic E-state index is -5.04. The maximum atomic E-state index is 13.7. The Balaban J connectivity index is 2.17. The molecule has 0 spiro atoms. The van der Waals surface area contributed by atoms with Crippen molar-refractivity contribution in [3.8, 4) is 11.5 Å². The lowest BCUT2D eigenvalue weighted by atomic mass is 9.99. The third-order valence-electron chi connectivity index (χ3n) is 3.01. The highest BCUT2D eigenvalue weighted by atomic mass is 19.4. The first-order valence-electron chi connectivity index (χ1n) is 6.61. The summed E-state index contributed by atoms with van der Waals surface area (Å²) in [5, 5.41) is 0. The van der Waals surface area contributed by atoms with Crippen LogP contribution in [0.3, 0.4) is 0 Å². The fraction of sp³-hybridized carbons (Fsp3) is 0.200. The zero-order valence-corrected chi connectivity index (χ0v) is 12.2. The predicted octanol–water partition coefficient (Wildman–Crippen LogP) is 4.67. The van der Waals surface area contributed by atoms with Gasteiger partial charge in [-0.25, -0.2) is 4.39 Å². The monoisotopic (exact) mass is 369 g/mol. The van der Waals surface area contributed by atoms with Gasteiger partial charge in [0.2, 0.25) is 0 Å². The zero-order chi connectivity index (χ0) is 18.8. The van der Waals surface area contributed by atoms with Crippen LogP contribution in [0.15, 0.2) is 42.5 Å². The van der Waals surface area contributed by atoms with Crippen molar-refractivity contribution in [3.63, 3.8) is 0 Å². The molecule has 0 unspecified atom stereocenters. The molecule has 25 heavy (non-hydrogen) atoms. The van der Waals surface area contributed by atoms with E-state index in [9.17, 15) is 30.7 Å². The Morgan fingerprint density at radius 2 is 1.28 bits per heavy atom. The van der Waals surface area contributed by atoms with E-state index in [1.807, 2.05) is 0 Å². The average molecular weight is 369 g/mol. The molecule has 2 aromatic carbocycles. The Bertz CT molecular complexity index is 726. The van der Waals surface area contributed by atoms with Crippen LogP contribution in [0.2, 0.25) is 0 Å². The van der Waals surface area contributed by atoms with E-state index in [4.69, 9.17) is 5.73 Å². The fourth-order valence-electron chi connectivity index (χ4n) is 1.99. The summed E-state index contributed by atoms with van der Waals surface area (Å²) >= 11 is 0. The highest BCUT2D eigenvalue weighted by molar-refractivity contribution is 5.38. The Hall–Kier alpha value is -2.49. The van der Waals surface area contributed by atoms with Gasteiger partial charge in [-0.05, 0) is 35.4 Å². The molecule has 0 radical (unpaired) electrons. The standard InChI is InChI=1S/C15H10F7NO2/c16-11-7-9(3-6-12(11)25-15(20,21)22)13(23)8-1-4-10(5-2-8)24-14(17,18)19/h1-7,13H,23H2/t13-/m1/s1. The predicted molar refractivity (Wildman–Crippen MR) is 72.2 cm³/mol. The normalized spacial score (nSPS) is 13.4. The van der Waals surface area contributed by atoms with Gasteiger partial charge in [-0.3, -0.25) is 0 Å². The number of hydrogen-bond donors (Lipinski definition) is 1. The minimum Gasteiger partial charge on any atom is -0.406 e. The van der Waals surface area contributed by atoms with E-state index in [1.165, 1.54) is 12.1 Å². The summed E-state index contributed by atoms with van der Waals surface area (Å²) in [4.78, 5) is 0. The van der Waals surface area contributed by atoms with Crippen molar-refractivity contribution in [1.29, 1.82) is 0 Å². The first-order valence-corrected chi connectivity index (χ1v) is 6.61. The van der Waals surface area contributed by atoms with Gasteiger partial charge in [0.15, 0.2) is 11.6 Å². The maximum absolute atomic E-state index is 13.7. The molecule has 0 bridgehead atoms. The lowest BCUT2D eigenvalue weighted by Crippen LogP contribution is -2.18. The molecule has 0 saturated carbocycles. The number of hydrogen-bond acceptors (Lipinski definition) is 3. The van der Waals surface area contributed by atoms with Crippen molar-refractivity contribution in [3.05, 3.63) is 59.4 Å². The Labute approximate surface area is 136 Å². The summed E-state index contributed by atoms with van der Waals surface area (Å²) in [6.45, 7) is 0. The van der Waals surface area contributed by atoms with Crippen LogP contribution in [0.1, 0.15) is 17.2 Å². The smallest absolute Gasteiger partial charge is 0.406 e. The van der Waals surface area contributed by atoms with E-state index in [-0.39, 0.29) is 5.56 Å². The number of benzene rings is 2. The minimum absolute atomic E-state index is 0.108. The van der Waals surface area contributed by atoms with Gasteiger partial charge in [0.05, 0.1) is 6.04 Å². The highest BCUT2D eigenvalue weighted by Crippen LogP contribution is 2.30. The molecule has 0 amide bonds. The molecule has 0 aliphatic carbocycles. The van der Waals surface area contributed by atoms with Crippen molar-refractivity contribution in [1.82, 2.24) is 0 Å². The van der Waals surface area contributed by atoms with Gasteiger partial charge in [-0.2, -0.15) is 0 Å². The second-order valence-corrected chi connectivity index (χ2v) is 4.83. The summed E-state index contributed by atoms with van der Waals surface area (Å²) in [5.41, 5.74) is 6.26. The van der Waals surface area contributed by atoms with Crippen LogP contribution >= 0.6 is 0 Å². The molecule has 0 aliphatic heterocycles. The summed E-state index contributed by atoms with van der Waals surface area (Å²) in [6.07, 6.45) is -9.89. The van der Waals surface area contributed by atoms with Crippen LogP contribution in [0.25, 0.3) is 0 Å². The topological polar surface area (TPSA) is 44.5 Å². The number of ether oxygens (including phenoxy) is 2. The Morgan fingerprint density at radius 1 is 0.760 bits per heavy atom. The molecule has 1 atom stereocenters. The lowest BCUT2D eigenvalue weighted by molar-refractivity contribution is -0.276. The van der Waals surface area contributed by atoms with Crippen molar-refractivity contribution in [2.75, 3.05) is 0 Å². The van der Waals surface area contributed by atoms with Crippen molar-refractivity contribution in [2.24, 2.45) is 5.73 Å². The third-order valence-corrected chi connectivity index (χ3v) is 3.01. The molecule has 0 fully saturated rings. The summed E-state index contributed by atoms with van der Waals surface area (Å²) in [5.74, 6) is -2.76. The van der Waals surface area contributed by atoms with Crippen molar-refractivity contribution in [2.45, 2.75) is 18.8 Å². The first kappa shape index (κ1) is 18.8. The fourth-order valence-corrected chi connectivity index (χ4v) is 1.99. The van der Waals surface area contributed by atoms with Gasteiger partial charge in [0.1, 0.15) is 5.75 Å².